The Morgan fingerprint density at radius 3 is 2.31 bits per heavy atom. The number of anilines is 1. The number of fused-ring (bicyclic) bond motifs is 1. The minimum atomic E-state index is -5.60. The molecule has 4 unspecified atom stereocenters. The van der Waals surface area contributed by atoms with Crippen LogP contribution in [0.4, 0.5) is 5.82 Å². The van der Waals surface area contributed by atoms with Crippen LogP contribution in [0.15, 0.2) is 12.7 Å². The molecular formula is C28H46N7O19P3S. The Balaban J connectivity index is 1.50. The highest BCUT2D eigenvalue weighted by molar-refractivity contribution is 8.41. The lowest BCUT2D eigenvalue weighted by Crippen LogP contribution is -2.46. The van der Waals surface area contributed by atoms with Gasteiger partial charge in [-0.15, -0.1) is 10.9 Å². The average Bonchev–Trinajstić information content (AvgIpc) is 3.67. The standard InChI is InChI=1S/C28H46N7O19P3S/c1-5-16(37)10-19(39)58(15(2)36)9-8-30-18(38)6-7-31-26(42)23(41)28(3,4)12-51-57(48,49)54-56(46,47)50-11-17-22(53-55(43,44)45)21(40)27(52-17)35-14-34-20-24(29)32-13-33-25(20)35/h13-14,17,21-23,27,40-41,58H,5-12H2,1-4H3,(H,30,38)(H,31,42)(H,46,47)(H,48,49)(H2,29,32,33)(H2,43,44,45)/t17-,21-,22-,23?,27-/m1/s1. The van der Waals surface area contributed by atoms with Crippen LogP contribution in [0.25, 0.3) is 11.2 Å². The van der Waals surface area contributed by atoms with Crippen molar-refractivity contribution in [3.8, 4) is 0 Å². The number of hydrogen-bond donors (Lipinski definition) is 10. The third-order valence-electron chi connectivity index (χ3n) is 8.16. The number of nitrogens with one attached hydrogen (secondary N) is 2. The first-order valence-corrected chi connectivity index (χ1v) is 23.0. The normalized spacial score (nSPS) is 22.1. The van der Waals surface area contributed by atoms with E-state index in [0.717, 1.165) is 17.2 Å². The second-order valence-corrected chi connectivity index (χ2v) is 19.9. The largest absolute Gasteiger partial charge is 0.481 e. The number of ketones is 1. The molecule has 10 N–H and O–H groups in total. The van der Waals surface area contributed by atoms with E-state index in [0.29, 0.717) is 0 Å². The number of ether oxygens (including phenoxy) is 1. The predicted octanol–water partition coefficient (Wildman–Crippen LogP) is -1.15. The number of nitrogens with zero attached hydrogens (tertiary/aromatic N) is 4. The highest BCUT2D eigenvalue weighted by Crippen LogP contribution is 2.61. The van der Waals surface area contributed by atoms with Gasteiger partial charge in [-0.1, -0.05) is 20.8 Å². The van der Waals surface area contributed by atoms with E-state index in [9.17, 15) is 67.5 Å². The van der Waals surface area contributed by atoms with E-state index in [-0.39, 0.29) is 60.9 Å². The van der Waals surface area contributed by atoms with Gasteiger partial charge in [-0.3, -0.25) is 42.1 Å². The van der Waals surface area contributed by atoms with Crippen LogP contribution in [0.2, 0.25) is 0 Å². The minimum absolute atomic E-state index is 0.0166. The number of nitrogens with two attached hydrogens (primary N) is 1. The number of phosphoric ester groups is 3. The molecule has 58 heavy (non-hydrogen) atoms. The SMILES string of the molecule is CCC(=O)CC(=O)[SH](CCNC(=O)CCNC(=O)C(O)C(C)(C)COP(=O)(O)OP(=O)(O)OC[C@H]1O[C@@H](n2cnc3c(N)ncnc32)[C@H](O)[C@@H]1OP(=O)(O)O)C(C)=O. The van der Waals surface area contributed by atoms with Crippen molar-refractivity contribution in [1.29, 1.82) is 0 Å². The zero-order valence-electron chi connectivity index (χ0n) is 31.3. The molecule has 0 bridgehead atoms. The zero-order valence-corrected chi connectivity index (χ0v) is 34.9. The molecule has 2 aromatic heterocycles. The van der Waals surface area contributed by atoms with Crippen LogP contribution in [-0.4, -0.2) is 134 Å². The molecule has 3 rings (SSSR count). The Kier molecular flexibility index (Phi) is 17.4. The molecule has 30 heteroatoms. The smallest absolute Gasteiger partial charge is 0.386 e. The van der Waals surface area contributed by atoms with Crippen molar-refractivity contribution in [1.82, 2.24) is 30.2 Å². The van der Waals surface area contributed by atoms with E-state index in [4.69, 9.17) is 19.5 Å². The predicted molar refractivity (Wildman–Crippen MR) is 199 cm³/mol. The van der Waals surface area contributed by atoms with Crippen molar-refractivity contribution in [3.63, 3.8) is 0 Å². The molecule has 1 fully saturated rings. The summed E-state index contributed by atoms with van der Waals surface area (Å²) in [7, 11) is -18.3. The molecule has 2 aromatic rings. The van der Waals surface area contributed by atoms with E-state index >= 15 is 0 Å². The van der Waals surface area contributed by atoms with Crippen LogP contribution in [0, 0.1) is 5.41 Å². The van der Waals surface area contributed by atoms with Gasteiger partial charge in [0.05, 0.1) is 26.0 Å². The molecule has 0 spiro atoms. The number of carbonyl (C=O) groups excluding carboxylic acids is 5. The number of aromatic nitrogens is 4. The van der Waals surface area contributed by atoms with Gasteiger partial charge in [0.1, 0.15) is 42.0 Å². The van der Waals surface area contributed by atoms with Gasteiger partial charge in [0.25, 0.3) is 0 Å². The quantitative estimate of drug-likeness (QED) is 0.0379. The molecular weight excluding hydrogens is 863 g/mol. The molecule has 1 saturated heterocycles. The fourth-order valence-electron chi connectivity index (χ4n) is 5.09. The summed E-state index contributed by atoms with van der Waals surface area (Å²) in [5, 5.41) is 25.4. The maximum Gasteiger partial charge on any atom is 0.481 e. The van der Waals surface area contributed by atoms with Crippen LogP contribution >= 0.6 is 34.4 Å². The van der Waals surface area contributed by atoms with Crippen LogP contribution in [0.5, 0.6) is 0 Å². The molecule has 0 aliphatic carbocycles. The summed E-state index contributed by atoms with van der Waals surface area (Å²) < 4.78 is 62.1. The summed E-state index contributed by atoms with van der Waals surface area (Å²) in [4.78, 5) is 111. The van der Waals surface area contributed by atoms with Crippen LogP contribution in [0.3, 0.4) is 0 Å². The molecule has 3 heterocycles. The minimum Gasteiger partial charge on any atom is -0.386 e. The van der Waals surface area contributed by atoms with Gasteiger partial charge in [-0.05, 0) is 0 Å². The van der Waals surface area contributed by atoms with Crippen molar-refractivity contribution >= 4 is 79.2 Å². The van der Waals surface area contributed by atoms with E-state index in [1.54, 1.807) is 6.92 Å². The molecule has 0 aromatic carbocycles. The summed E-state index contributed by atoms with van der Waals surface area (Å²) in [6.45, 7) is 2.82. The number of amides is 2. The van der Waals surface area contributed by atoms with E-state index in [1.165, 1.54) is 20.8 Å². The Labute approximate surface area is 332 Å². The molecule has 1 aliphatic rings. The molecule has 0 radical (unpaired) electrons. The summed E-state index contributed by atoms with van der Waals surface area (Å²) in [5.74, 6) is -1.95. The summed E-state index contributed by atoms with van der Waals surface area (Å²) in [5.41, 5.74) is 4.18. The van der Waals surface area contributed by atoms with Crippen LogP contribution in [-0.2, 0) is 60.3 Å². The number of aliphatic hydroxyl groups excluding tert-OH is 2. The maximum absolute atomic E-state index is 12.7. The first-order valence-electron chi connectivity index (χ1n) is 17.0. The Morgan fingerprint density at radius 1 is 1.03 bits per heavy atom. The summed E-state index contributed by atoms with van der Waals surface area (Å²) in [6, 6.07) is 0. The third-order valence-corrected chi connectivity index (χ3v) is 13.5. The van der Waals surface area contributed by atoms with E-state index < -0.39 is 106 Å². The van der Waals surface area contributed by atoms with Gasteiger partial charge in [0.15, 0.2) is 27.9 Å². The number of rotatable bonds is 22. The first kappa shape index (κ1) is 49.3. The van der Waals surface area contributed by atoms with Gasteiger partial charge >= 0.3 is 23.5 Å². The Hall–Kier alpha value is -3.10. The fourth-order valence-corrected chi connectivity index (χ4v) is 9.54. The zero-order chi connectivity index (χ0) is 43.8. The topological polar surface area (TPSA) is 398 Å². The first-order chi connectivity index (χ1) is 26.8. The van der Waals surface area contributed by atoms with Crippen molar-refractivity contribution in [2.75, 3.05) is 37.8 Å². The van der Waals surface area contributed by atoms with Crippen molar-refractivity contribution in [2.45, 2.75) is 77.6 Å². The average molecular weight is 910 g/mol. The second-order valence-electron chi connectivity index (χ2n) is 13.2. The molecule has 0 saturated carbocycles. The lowest BCUT2D eigenvalue weighted by atomic mass is 9.87. The summed E-state index contributed by atoms with van der Waals surface area (Å²) in [6.07, 6.45) is -7.41. The van der Waals surface area contributed by atoms with Crippen molar-refractivity contribution in [2.24, 2.45) is 5.41 Å². The highest BCUT2D eigenvalue weighted by atomic mass is 32.2. The number of nitrogen functional groups attached to an aromatic ring is 1. The van der Waals surface area contributed by atoms with Crippen molar-refractivity contribution in [3.05, 3.63) is 12.7 Å². The number of Topliss-reactive ketones (excluding diaryl/α,β-unsaturated/α-hetero) is 1. The van der Waals surface area contributed by atoms with E-state index in [2.05, 4.69) is 34.4 Å². The Morgan fingerprint density at radius 2 is 1.69 bits per heavy atom. The number of hydrogen-bond acceptors (Lipinski definition) is 19. The molecule has 26 nitrogen and oxygen atoms in total. The molecule has 8 atom stereocenters. The van der Waals surface area contributed by atoms with Crippen LogP contribution in [0.1, 0.15) is 53.2 Å². The third kappa shape index (κ3) is 14.3. The second kappa shape index (κ2) is 20.4. The maximum atomic E-state index is 12.7. The van der Waals surface area contributed by atoms with Gasteiger partial charge < -0.3 is 50.9 Å². The number of aliphatic hydroxyl groups is 2. The highest BCUT2D eigenvalue weighted by Gasteiger charge is 2.50. The monoisotopic (exact) mass is 909 g/mol. The Bertz CT molecular complexity index is 1980. The number of thiol groups is 1. The summed E-state index contributed by atoms with van der Waals surface area (Å²) >= 11 is 0. The van der Waals surface area contributed by atoms with Gasteiger partial charge in [0.2, 0.25) is 11.8 Å². The van der Waals surface area contributed by atoms with Gasteiger partial charge in [0, 0.05) is 44.0 Å². The molecule has 328 valence electrons. The molecule has 1 aliphatic heterocycles. The number of imidazole rings is 1. The van der Waals surface area contributed by atoms with E-state index in [1.807, 2.05) is 0 Å². The molecule has 2 amide bonds. The van der Waals surface area contributed by atoms with Gasteiger partial charge in [-0.2, -0.15) is 4.31 Å². The lowest BCUT2D eigenvalue weighted by Gasteiger charge is -2.30. The van der Waals surface area contributed by atoms with Crippen LogP contribution < -0.4 is 16.4 Å². The number of phosphoric acid groups is 3. The number of carbonyl (C=O) groups is 5. The fraction of sp³-hybridized carbons (Fsp3) is 0.643. The lowest BCUT2D eigenvalue weighted by molar-refractivity contribution is -0.137. The van der Waals surface area contributed by atoms with Gasteiger partial charge in [-0.25, -0.2) is 28.6 Å². The van der Waals surface area contributed by atoms with Crippen molar-refractivity contribution < 1.29 is 90.1 Å².